The zero-order valence-electron chi connectivity index (χ0n) is 9.82. The minimum atomic E-state index is -4.07. The van der Waals surface area contributed by atoms with Gasteiger partial charge in [0, 0.05) is 0 Å². The lowest BCUT2D eigenvalue weighted by atomic mass is 10.4. The molecule has 0 amide bonds. The Morgan fingerprint density at radius 3 is 2.22 bits per heavy atom. The number of ether oxygens (including phenoxy) is 1. The number of carbonyl (C=O) groups is 2. The molecule has 0 aliphatic carbocycles. The van der Waals surface area contributed by atoms with Gasteiger partial charge in [0.15, 0.2) is 9.84 Å². The lowest BCUT2D eigenvalue weighted by molar-refractivity contribution is -0.141. The molecule has 1 rings (SSSR count). The normalized spacial score (nSPS) is 12.8. The Kier molecular flexibility index (Phi) is 4.92. The monoisotopic (exact) mass is 288 g/mol. The summed E-state index contributed by atoms with van der Waals surface area (Å²) < 4.78 is 28.8. The van der Waals surface area contributed by atoms with Crippen molar-refractivity contribution in [1.82, 2.24) is 0 Å². The number of thioether (sulfide) groups is 1. The van der Waals surface area contributed by atoms with Crippen LogP contribution in [0.25, 0.3) is 0 Å². The van der Waals surface area contributed by atoms with Crippen molar-refractivity contribution in [2.24, 2.45) is 0 Å². The van der Waals surface area contributed by atoms with E-state index in [0.717, 1.165) is 7.11 Å². The van der Waals surface area contributed by atoms with Crippen LogP contribution in [0.15, 0.2) is 35.2 Å². The van der Waals surface area contributed by atoms with E-state index in [1.165, 1.54) is 30.5 Å². The molecular formula is C11H12O5S2. The molecule has 0 aliphatic heterocycles. The standard InChI is InChI=1S/C11H12O5S2/c1-16-10(12)9(11(13)17-2)18(14,15)8-6-4-3-5-7-8/h3-7,9H,1-2H3. The van der Waals surface area contributed by atoms with Crippen molar-refractivity contribution in [3.05, 3.63) is 30.3 Å². The molecule has 7 heteroatoms. The number of carbonyl (C=O) groups excluding carboxylic acids is 2. The Balaban J connectivity index is 3.29. The molecule has 0 radical (unpaired) electrons. The summed E-state index contributed by atoms with van der Waals surface area (Å²) in [6.45, 7) is 0. The van der Waals surface area contributed by atoms with Crippen LogP contribution in [0.3, 0.4) is 0 Å². The second kappa shape index (κ2) is 6.01. The molecule has 18 heavy (non-hydrogen) atoms. The molecule has 5 nitrogen and oxygen atoms in total. The molecule has 0 heterocycles. The summed E-state index contributed by atoms with van der Waals surface area (Å²) in [5, 5.41) is -2.58. The van der Waals surface area contributed by atoms with E-state index in [1.807, 2.05) is 0 Å². The van der Waals surface area contributed by atoms with Gasteiger partial charge in [0.05, 0.1) is 12.0 Å². The molecule has 0 saturated heterocycles. The summed E-state index contributed by atoms with van der Waals surface area (Å²) in [4.78, 5) is 23.0. The van der Waals surface area contributed by atoms with Gasteiger partial charge >= 0.3 is 5.97 Å². The predicted molar refractivity (Wildman–Crippen MR) is 68.0 cm³/mol. The van der Waals surface area contributed by atoms with Gasteiger partial charge in [-0.15, -0.1) is 0 Å². The molecule has 0 N–H and O–H groups in total. The van der Waals surface area contributed by atoms with Crippen LogP contribution in [0.2, 0.25) is 0 Å². The fourth-order valence-corrected chi connectivity index (χ4v) is 3.70. The molecule has 0 fully saturated rings. The van der Waals surface area contributed by atoms with Crippen molar-refractivity contribution in [3.8, 4) is 0 Å². The molecule has 0 spiro atoms. The largest absolute Gasteiger partial charge is 0.468 e. The van der Waals surface area contributed by atoms with E-state index in [4.69, 9.17) is 0 Å². The number of hydrogen-bond acceptors (Lipinski definition) is 6. The van der Waals surface area contributed by atoms with E-state index >= 15 is 0 Å². The van der Waals surface area contributed by atoms with Crippen molar-refractivity contribution in [2.75, 3.05) is 13.4 Å². The summed E-state index contributed by atoms with van der Waals surface area (Å²) in [7, 11) is -3.02. The summed E-state index contributed by atoms with van der Waals surface area (Å²) in [6.07, 6.45) is 1.42. The quantitative estimate of drug-likeness (QED) is 0.605. The van der Waals surface area contributed by atoms with E-state index in [0.29, 0.717) is 11.8 Å². The van der Waals surface area contributed by atoms with E-state index < -0.39 is 26.2 Å². The van der Waals surface area contributed by atoms with Gasteiger partial charge in [-0.25, -0.2) is 8.42 Å². The summed E-state index contributed by atoms with van der Waals surface area (Å²) in [5.74, 6) is -1.07. The third kappa shape index (κ3) is 2.91. The molecular weight excluding hydrogens is 276 g/mol. The van der Waals surface area contributed by atoms with Crippen LogP contribution in [-0.2, 0) is 24.2 Å². The molecule has 1 atom stereocenters. The molecule has 0 aliphatic rings. The van der Waals surface area contributed by atoms with Crippen molar-refractivity contribution >= 4 is 32.7 Å². The number of rotatable bonds is 4. The molecule has 0 saturated carbocycles. The number of benzene rings is 1. The van der Waals surface area contributed by atoms with Crippen LogP contribution in [0.1, 0.15) is 0 Å². The van der Waals surface area contributed by atoms with Crippen LogP contribution < -0.4 is 0 Å². The lowest BCUT2D eigenvalue weighted by Crippen LogP contribution is -2.37. The van der Waals surface area contributed by atoms with E-state index in [2.05, 4.69) is 4.74 Å². The maximum absolute atomic E-state index is 12.2. The zero-order chi connectivity index (χ0) is 13.8. The molecule has 1 unspecified atom stereocenters. The first-order valence-corrected chi connectivity index (χ1v) is 7.67. The van der Waals surface area contributed by atoms with Gasteiger partial charge in [-0.1, -0.05) is 30.0 Å². The fourth-order valence-electron chi connectivity index (χ4n) is 1.31. The maximum atomic E-state index is 12.2. The summed E-state index contributed by atoms with van der Waals surface area (Å²) in [6, 6.07) is 7.34. The average molecular weight is 288 g/mol. The van der Waals surface area contributed by atoms with E-state index in [-0.39, 0.29) is 4.90 Å². The summed E-state index contributed by atoms with van der Waals surface area (Å²) in [5.41, 5.74) is 0. The maximum Gasteiger partial charge on any atom is 0.333 e. The first kappa shape index (κ1) is 14.7. The van der Waals surface area contributed by atoms with Gasteiger partial charge in [-0.2, -0.15) is 0 Å². The van der Waals surface area contributed by atoms with Crippen molar-refractivity contribution in [1.29, 1.82) is 0 Å². The van der Waals surface area contributed by atoms with Gasteiger partial charge in [0.2, 0.25) is 10.4 Å². The minimum absolute atomic E-state index is 0.0807. The van der Waals surface area contributed by atoms with Crippen LogP contribution in [-0.4, -0.2) is 38.1 Å². The minimum Gasteiger partial charge on any atom is -0.468 e. The van der Waals surface area contributed by atoms with Crippen LogP contribution >= 0.6 is 11.8 Å². The van der Waals surface area contributed by atoms with E-state index in [1.54, 1.807) is 6.07 Å². The lowest BCUT2D eigenvalue weighted by Gasteiger charge is -2.13. The smallest absolute Gasteiger partial charge is 0.333 e. The Morgan fingerprint density at radius 2 is 1.78 bits per heavy atom. The highest BCUT2D eigenvalue weighted by Crippen LogP contribution is 2.20. The highest BCUT2D eigenvalue weighted by molar-refractivity contribution is 8.15. The molecule has 1 aromatic carbocycles. The van der Waals surface area contributed by atoms with Crippen molar-refractivity contribution in [2.45, 2.75) is 10.1 Å². The fraction of sp³-hybridized carbons (Fsp3) is 0.273. The second-order valence-electron chi connectivity index (χ2n) is 3.28. The number of hydrogen-bond donors (Lipinski definition) is 0. The third-order valence-corrected chi connectivity index (χ3v) is 4.96. The zero-order valence-corrected chi connectivity index (χ0v) is 11.5. The van der Waals surface area contributed by atoms with Gasteiger partial charge < -0.3 is 4.74 Å². The number of methoxy groups -OCH3 is 1. The molecule has 0 bridgehead atoms. The third-order valence-electron chi connectivity index (χ3n) is 2.21. The first-order chi connectivity index (χ1) is 8.45. The predicted octanol–water partition coefficient (Wildman–Crippen LogP) is 0.891. The Morgan fingerprint density at radius 1 is 1.22 bits per heavy atom. The molecule has 1 aromatic rings. The van der Waals surface area contributed by atoms with Crippen molar-refractivity contribution in [3.63, 3.8) is 0 Å². The van der Waals surface area contributed by atoms with Gasteiger partial charge in [-0.05, 0) is 18.4 Å². The Hall–Kier alpha value is -1.34. The topological polar surface area (TPSA) is 77.5 Å². The number of esters is 1. The van der Waals surface area contributed by atoms with E-state index in [9.17, 15) is 18.0 Å². The highest BCUT2D eigenvalue weighted by atomic mass is 32.2. The van der Waals surface area contributed by atoms with Crippen molar-refractivity contribution < 1.29 is 22.7 Å². The SMILES string of the molecule is COC(=O)C(C(=O)SC)S(=O)(=O)c1ccccc1. The number of sulfone groups is 1. The Labute approximate surface area is 109 Å². The average Bonchev–Trinajstić information content (AvgIpc) is 2.39. The second-order valence-corrected chi connectivity index (χ2v) is 6.13. The Bertz CT molecular complexity index is 520. The summed E-state index contributed by atoms with van der Waals surface area (Å²) >= 11 is 0.679. The molecule has 0 aromatic heterocycles. The van der Waals surface area contributed by atoms with Crippen LogP contribution in [0, 0.1) is 0 Å². The molecule has 98 valence electrons. The van der Waals surface area contributed by atoms with Crippen LogP contribution in [0.5, 0.6) is 0 Å². The van der Waals surface area contributed by atoms with Gasteiger partial charge in [0.25, 0.3) is 0 Å². The first-order valence-electron chi connectivity index (χ1n) is 4.89. The van der Waals surface area contributed by atoms with Gasteiger partial charge in [-0.3, -0.25) is 9.59 Å². The van der Waals surface area contributed by atoms with Gasteiger partial charge in [0.1, 0.15) is 0 Å². The highest BCUT2D eigenvalue weighted by Gasteiger charge is 2.40. The van der Waals surface area contributed by atoms with Crippen LogP contribution in [0.4, 0.5) is 0 Å².